The van der Waals surface area contributed by atoms with Crippen LogP contribution in [-0.4, -0.2) is 73.7 Å². The average Bonchev–Trinajstić information content (AvgIpc) is 3.10. The minimum absolute atomic E-state index is 0.0141. The van der Waals surface area contributed by atoms with Crippen LogP contribution in [0.1, 0.15) is 12.1 Å². The molecule has 0 aliphatic carbocycles. The zero-order chi connectivity index (χ0) is 17.3. The van der Waals surface area contributed by atoms with Crippen LogP contribution in [0.25, 0.3) is 11.2 Å². The Balaban J connectivity index is 1.95. The molecule has 0 radical (unpaired) electrons. The van der Waals surface area contributed by atoms with Crippen molar-refractivity contribution in [3.63, 3.8) is 0 Å². The summed E-state index contributed by atoms with van der Waals surface area (Å²) in [5.74, 6) is 0.248. The van der Waals surface area contributed by atoms with Crippen LogP contribution in [0.5, 0.6) is 0 Å². The highest BCUT2D eigenvalue weighted by Crippen LogP contribution is 2.30. The number of aliphatic hydroxyl groups excluding tert-OH is 3. The van der Waals surface area contributed by atoms with E-state index in [1.54, 1.807) is 0 Å². The second-order valence-electron chi connectivity index (χ2n) is 5.32. The van der Waals surface area contributed by atoms with Crippen LogP contribution in [0, 0.1) is 0 Å². The number of rotatable bonds is 6. The van der Waals surface area contributed by atoms with Crippen molar-refractivity contribution in [2.75, 3.05) is 20.5 Å². The molecule has 0 spiro atoms. The summed E-state index contributed by atoms with van der Waals surface area (Å²) in [6.45, 7) is -0.401. The molecular formula is C13H18N4O7. The fourth-order valence-corrected chi connectivity index (χ4v) is 2.56. The summed E-state index contributed by atoms with van der Waals surface area (Å²) in [6.07, 6.45) is -3.23. The Morgan fingerprint density at radius 3 is 2.88 bits per heavy atom. The number of hydrogen-bond acceptors (Lipinski definition) is 9. The first kappa shape index (κ1) is 17.0. The zero-order valence-corrected chi connectivity index (χ0v) is 12.8. The van der Waals surface area contributed by atoms with Crippen LogP contribution >= 0.6 is 0 Å². The minimum Gasteiger partial charge on any atom is -0.394 e. The molecule has 1 fully saturated rings. The van der Waals surface area contributed by atoms with Gasteiger partial charge in [0, 0.05) is 7.11 Å². The Labute approximate surface area is 135 Å². The van der Waals surface area contributed by atoms with Gasteiger partial charge in [-0.05, 0) is 0 Å². The third-order valence-electron chi connectivity index (χ3n) is 3.71. The first-order valence-electron chi connectivity index (χ1n) is 7.21. The second kappa shape index (κ2) is 6.93. The standard InChI is InChI=1S/C13H18N4O7/c1-22-5-23-3-7-15-11-8(12(21)16-7)14-4-17(11)13-10(20)9(19)6(2-18)24-13/h4,6,9-10,13,18-20H,2-3,5H2,1H3,(H,15,16,21)/t6-,9-,10-,13-/m1/s1. The number of imidazole rings is 1. The summed E-state index contributed by atoms with van der Waals surface area (Å²) < 4.78 is 16.7. The number of nitrogens with zero attached hydrogens (tertiary/aromatic N) is 3. The highest BCUT2D eigenvalue weighted by Gasteiger charge is 2.44. The maximum atomic E-state index is 12.1. The van der Waals surface area contributed by atoms with E-state index < -0.39 is 36.7 Å². The summed E-state index contributed by atoms with van der Waals surface area (Å²) in [7, 11) is 1.47. The molecule has 0 saturated carbocycles. The number of methoxy groups -OCH3 is 1. The maximum Gasteiger partial charge on any atom is 0.279 e. The topological polar surface area (TPSA) is 152 Å². The quantitative estimate of drug-likeness (QED) is 0.340. The number of aliphatic hydroxyl groups is 3. The predicted molar refractivity (Wildman–Crippen MR) is 77.8 cm³/mol. The molecule has 24 heavy (non-hydrogen) atoms. The molecule has 1 saturated heterocycles. The van der Waals surface area contributed by atoms with E-state index in [1.807, 2.05) is 0 Å². The lowest BCUT2D eigenvalue weighted by Crippen LogP contribution is -2.33. The fraction of sp³-hybridized carbons (Fsp3) is 0.615. The summed E-state index contributed by atoms with van der Waals surface area (Å²) in [6, 6.07) is 0. The molecule has 2 aromatic heterocycles. The number of nitrogens with one attached hydrogen (secondary N) is 1. The van der Waals surface area contributed by atoms with Crippen LogP contribution < -0.4 is 5.56 Å². The highest BCUT2D eigenvalue weighted by atomic mass is 16.7. The van der Waals surface area contributed by atoms with Gasteiger partial charge in [-0.15, -0.1) is 0 Å². The molecule has 11 nitrogen and oxygen atoms in total. The molecule has 4 atom stereocenters. The van der Waals surface area contributed by atoms with Crippen LogP contribution in [-0.2, 0) is 20.8 Å². The number of aromatic nitrogens is 4. The number of hydrogen-bond donors (Lipinski definition) is 4. The molecule has 11 heteroatoms. The normalized spacial score (nSPS) is 27.2. The average molecular weight is 342 g/mol. The van der Waals surface area contributed by atoms with Gasteiger partial charge in [-0.3, -0.25) is 9.36 Å². The van der Waals surface area contributed by atoms with Gasteiger partial charge in [-0.25, -0.2) is 9.97 Å². The smallest absolute Gasteiger partial charge is 0.279 e. The van der Waals surface area contributed by atoms with Gasteiger partial charge < -0.3 is 34.5 Å². The second-order valence-corrected chi connectivity index (χ2v) is 5.32. The molecule has 1 aliphatic heterocycles. The van der Waals surface area contributed by atoms with Crippen molar-refractivity contribution >= 4 is 11.2 Å². The van der Waals surface area contributed by atoms with Crippen molar-refractivity contribution in [2.45, 2.75) is 31.1 Å². The number of fused-ring (bicyclic) bond motifs is 1. The Kier molecular flexibility index (Phi) is 4.89. The minimum atomic E-state index is -1.30. The summed E-state index contributed by atoms with van der Waals surface area (Å²) in [5, 5.41) is 29.1. The molecule has 4 N–H and O–H groups in total. The van der Waals surface area contributed by atoms with Gasteiger partial charge in [0.15, 0.2) is 17.4 Å². The number of aromatic amines is 1. The fourth-order valence-electron chi connectivity index (χ4n) is 2.56. The molecule has 0 bridgehead atoms. The van der Waals surface area contributed by atoms with Gasteiger partial charge in [0.2, 0.25) is 0 Å². The molecule has 2 aromatic rings. The SMILES string of the molecule is COCOCc1nc2c(ncn2[C@@H]2O[C@H](CO)[C@@H](O)[C@H]2O)c(=O)[nH]1. The lowest BCUT2D eigenvalue weighted by molar-refractivity contribution is -0.0512. The van der Waals surface area contributed by atoms with E-state index in [2.05, 4.69) is 15.0 Å². The molecule has 0 aromatic carbocycles. The van der Waals surface area contributed by atoms with E-state index in [-0.39, 0.29) is 30.4 Å². The van der Waals surface area contributed by atoms with Crippen molar-refractivity contribution in [1.82, 2.24) is 19.5 Å². The van der Waals surface area contributed by atoms with Crippen molar-refractivity contribution in [2.24, 2.45) is 0 Å². The van der Waals surface area contributed by atoms with Crippen LogP contribution in [0.15, 0.2) is 11.1 Å². The van der Waals surface area contributed by atoms with Crippen LogP contribution in [0.3, 0.4) is 0 Å². The Morgan fingerprint density at radius 2 is 2.21 bits per heavy atom. The van der Waals surface area contributed by atoms with E-state index in [0.717, 1.165) is 0 Å². The molecule has 3 rings (SSSR count). The largest absolute Gasteiger partial charge is 0.394 e. The van der Waals surface area contributed by atoms with Crippen molar-refractivity contribution in [3.05, 3.63) is 22.5 Å². The van der Waals surface area contributed by atoms with Gasteiger partial charge in [0.25, 0.3) is 5.56 Å². The van der Waals surface area contributed by atoms with Gasteiger partial charge in [0.1, 0.15) is 37.5 Å². The monoisotopic (exact) mass is 342 g/mol. The summed E-state index contributed by atoms with van der Waals surface area (Å²) in [5.41, 5.74) is -0.241. The lowest BCUT2D eigenvalue weighted by atomic mass is 10.1. The van der Waals surface area contributed by atoms with Gasteiger partial charge in [-0.2, -0.15) is 0 Å². The third kappa shape index (κ3) is 2.92. The van der Waals surface area contributed by atoms with Gasteiger partial charge >= 0.3 is 0 Å². The third-order valence-corrected chi connectivity index (χ3v) is 3.71. The van der Waals surface area contributed by atoms with E-state index in [9.17, 15) is 20.1 Å². The number of H-pyrrole nitrogens is 1. The van der Waals surface area contributed by atoms with Crippen LogP contribution in [0.4, 0.5) is 0 Å². The van der Waals surface area contributed by atoms with E-state index >= 15 is 0 Å². The Hall–Kier alpha value is -1.89. The van der Waals surface area contributed by atoms with Gasteiger partial charge in [-0.1, -0.05) is 0 Å². The summed E-state index contributed by atoms with van der Waals surface area (Å²) in [4.78, 5) is 22.8. The highest BCUT2D eigenvalue weighted by molar-refractivity contribution is 5.69. The maximum absolute atomic E-state index is 12.1. The summed E-state index contributed by atoms with van der Waals surface area (Å²) >= 11 is 0. The molecule has 132 valence electrons. The molecular weight excluding hydrogens is 324 g/mol. The molecule has 0 amide bonds. The number of ether oxygens (including phenoxy) is 3. The Morgan fingerprint density at radius 1 is 1.42 bits per heavy atom. The van der Waals surface area contributed by atoms with E-state index in [4.69, 9.17) is 14.2 Å². The first-order valence-corrected chi connectivity index (χ1v) is 7.21. The van der Waals surface area contributed by atoms with Crippen molar-refractivity contribution < 1.29 is 29.5 Å². The lowest BCUT2D eigenvalue weighted by Gasteiger charge is -2.16. The van der Waals surface area contributed by atoms with E-state index in [0.29, 0.717) is 0 Å². The van der Waals surface area contributed by atoms with Crippen molar-refractivity contribution in [3.8, 4) is 0 Å². The zero-order valence-electron chi connectivity index (χ0n) is 12.8. The van der Waals surface area contributed by atoms with Gasteiger partial charge in [0.05, 0.1) is 12.9 Å². The van der Waals surface area contributed by atoms with Crippen molar-refractivity contribution in [1.29, 1.82) is 0 Å². The Bertz CT molecular complexity index is 760. The predicted octanol–water partition coefficient (Wildman–Crippen LogP) is -2.15. The molecule has 1 aliphatic rings. The molecule has 0 unspecified atom stereocenters. The molecule has 3 heterocycles. The first-order chi connectivity index (χ1) is 11.6. The van der Waals surface area contributed by atoms with Crippen LogP contribution in [0.2, 0.25) is 0 Å². The van der Waals surface area contributed by atoms with E-state index in [1.165, 1.54) is 18.0 Å².